The smallest absolute Gasteiger partial charge is 0.253 e. The first-order chi connectivity index (χ1) is 14.2. The maximum absolute atomic E-state index is 12.6. The van der Waals surface area contributed by atoms with Crippen molar-refractivity contribution < 1.29 is 14.0 Å². The van der Waals surface area contributed by atoms with Crippen LogP contribution < -0.4 is 5.32 Å². The summed E-state index contributed by atoms with van der Waals surface area (Å²) < 4.78 is 5.69. The van der Waals surface area contributed by atoms with Crippen LogP contribution in [-0.2, 0) is 24.1 Å². The Bertz CT molecular complexity index is 1080. The molecule has 2 amide bonds. The molecule has 0 radical (unpaired) electrons. The van der Waals surface area contributed by atoms with Crippen molar-refractivity contribution >= 4 is 28.5 Å². The summed E-state index contributed by atoms with van der Waals surface area (Å²) in [5, 5.41) is 3.96. The van der Waals surface area contributed by atoms with Crippen LogP contribution in [-0.4, -0.2) is 29.8 Å². The molecule has 0 spiro atoms. The number of carbonyl (C=O) groups excluding carboxylic acids is 2. The molecule has 0 atom stereocenters. The van der Waals surface area contributed by atoms with Crippen LogP contribution in [0.1, 0.15) is 46.3 Å². The Morgan fingerprint density at radius 2 is 1.69 bits per heavy atom. The van der Waals surface area contributed by atoms with E-state index >= 15 is 0 Å². The number of rotatable bonds is 4. The number of carbonyl (C=O) groups is 2. The van der Waals surface area contributed by atoms with Crippen LogP contribution in [0.3, 0.4) is 0 Å². The van der Waals surface area contributed by atoms with Crippen molar-refractivity contribution in [2.24, 2.45) is 0 Å². The summed E-state index contributed by atoms with van der Waals surface area (Å²) in [6.07, 6.45) is 7.50. The van der Waals surface area contributed by atoms with Gasteiger partial charge in [-0.25, -0.2) is 0 Å². The topological polar surface area (TPSA) is 62.6 Å². The third kappa shape index (κ3) is 3.53. The number of likely N-dealkylation sites (tertiary alicyclic amines) is 1. The minimum absolute atomic E-state index is 0.0674. The highest BCUT2D eigenvalue weighted by molar-refractivity contribution is 5.97. The molecule has 29 heavy (non-hydrogen) atoms. The highest BCUT2D eigenvalue weighted by atomic mass is 16.3. The number of nitrogens with zero attached hydrogens (tertiary/aromatic N) is 1. The minimum atomic E-state index is -0.0909. The van der Waals surface area contributed by atoms with E-state index in [9.17, 15) is 9.59 Å². The van der Waals surface area contributed by atoms with Gasteiger partial charge in [0.25, 0.3) is 5.91 Å². The molecular weight excluding hydrogens is 364 g/mol. The molecule has 1 aromatic heterocycles. The van der Waals surface area contributed by atoms with Crippen molar-refractivity contribution in [1.29, 1.82) is 0 Å². The van der Waals surface area contributed by atoms with Gasteiger partial charge in [-0.2, -0.15) is 0 Å². The van der Waals surface area contributed by atoms with Crippen molar-refractivity contribution in [3.05, 3.63) is 64.9 Å². The summed E-state index contributed by atoms with van der Waals surface area (Å²) >= 11 is 0. The minimum Gasteiger partial charge on any atom is -0.464 e. The normalized spacial score (nSPS) is 15.7. The predicted octanol–water partition coefficient (Wildman–Crippen LogP) is 4.34. The fraction of sp³-hybridized carbons (Fsp3) is 0.333. The Morgan fingerprint density at radius 1 is 0.966 bits per heavy atom. The second-order valence-corrected chi connectivity index (χ2v) is 8.03. The van der Waals surface area contributed by atoms with E-state index in [0.717, 1.165) is 55.3 Å². The van der Waals surface area contributed by atoms with E-state index in [1.165, 1.54) is 17.5 Å². The zero-order valence-corrected chi connectivity index (χ0v) is 16.4. The molecule has 5 rings (SSSR count). The van der Waals surface area contributed by atoms with E-state index in [0.29, 0.717) is 11.3 Å². The Labute approximate surface area is 169 Å². The zero-order chi connectivity index (χ0) is 19.8. The number of aryl methyl sites for hydroxylation is 2. The van der Waals surface area contributed by atoms with Crippen LogP contribution in [0.2, 0.25) is 0 Å². The van der Waals surface area contributed by atoms with Crippen LogP contribution in [0.4, 0.5) is 5.69 Å². The fourth-order valence-electron chi connectivity index (χ4n) is 4.46. The molecule has 2 aromatic carbocycles. The molecule has 1 aliphatic carbocycles. The van der Waals surface area contributed by atoms with Crippen LogP contribution in [0, 0.1) is 0 Å². The molecule has 1 aliphatic heterocycles. The molecule has 1 saturated heterocycles. The third-order valence-corrected chi connectivity index (χ3v) is 6.03. The van der Waals surface area contributed by atoms with Crippen molar-refractivity contribution in [3.8, 4) is 0 Å². The lowest BCUT2D eigenvalue weighted by atomic mass is 10.0. The van der Waals surface area contributed by atoms with Crippen LogP contribution >= 0.6 is 0 Å². The molecule has 0 bridgehead atoms. The van der Waals surface area contributed by atoms with E-state index in [1.54, 1.807) is 30.5 Å². The number of benzene rings is 2. The maximum atomic E-state index is 12.6. The lowest BCUT2D eigenvalue weighted by Crippen LogP contribution is -2.27. The fourth-order valence-corrected chi connectivity index (χ4v) is 4.46. The summed E-state index contributed by atoms with van der Waals surface area (Å²) in [5.74, 6) is -0.0235. The number of hydrogen-bond acceptors (Lipinski definition) is 3. The number of fused-ring (bicyclic) bond motifs is 2. The van der Waals surface area contributed by atoms with E-state index in [2.05, 4.69) is 17.4 Å². The van der Waals surface area contributed by atoms with E-state index in [-0.39, 0.29) is 18.2 Å². The molecule has 2 heterocycles. The molecule has 3 aromatic rings. The van der Waals surface area contributed by atoms with Crippen LogP contribution in [0.15, 0.2) is 47.1 Å². The molecule has 1 N–H and O–H groups in total. The van der Waals surface area contributed by atoms with Crippen LogP contribution in [0.25, 0.3) is 11.0 Å². The molecule has 2 aliphatic rings. The third-order valence-electron chi connectivity index (χ3n) is 6.03. The van der Waals surface area contributed by atoms with Gasteiger partial charge in [0.1, 0.15) is 5.58 Å². The highest BCUT2D eigenvalue weighted by Crippen LogP contribution is 2.30. The number of furan rings is 1. The number of hydrogen-bond donors (Lipinski definition) is 1. The van der Waals surface area contributed by atoms with Gasteiger partial charge in [0, 0.05) is 35.3 Å². The van der Waals surface area contributed by atoms with E-state index in [1.807, 2.05) is 4.90 Å². The highest BCUT2D eigenvalue weighted by Gasteiger charge is 2.20. The number of nitrogens with one attached hydrogen (secondary N) is 1. The summed E-state index contributed by atoms with van der Waals surface area (Å²) in [7, 11) is 0. The molecular formula is C24H24N2O3. The first-order valence-corrected chi connectivity index (χ1v) is 10.4. The maximum Gasteiger partial charge on any atom is 0.253 e. The predicted molar refractivity (Wildman–Crippen MR) is 112 cm³/mol. The standard InChI is InChI=1S/C24H24N2O3/c27-23(14-19-15-29-22-13-18-5-3-4-17(18)12-21(19)22)25-20-8-6-16(7-9-20)24(28)26-10-1-2-11-26/h6-9,12-13,15H,1-5,10-11,14H2,(H,25,27). The lowest BCUT2D eigenvalue weighted by Gasteiger charge is -2.15. The SMILES string of the molecule is O=C(Cc1coc2cc3c(cc12)CCC3)Nc1ccc(C(=O)N2CCCC2)cc1. The second-order valence-electron chi connectivity index (χ2n) is 8.03. The summed E-state index contributed by atoms with van der Waals surface area (Å²) in [4.78, 5) is 26.9. The molecule has 0 unspecified atom stereocenters. The Kier molecular flexibility index (Phi) is 4.58. The van der Waals surface area contributed by atoms with Gasteiger partial charge >= 0.3 is 0 Å². The zero-order valence-electron chi connectivity index (χ0n) is 16.4. The lowest BCUT2D eigenvalue weighted by molar-refractivity contribution is -0.115. The van der Waals surface area contributed by atoms with E-state index in [4.69, 9.17) is 4.42 Å². The van der Waals surface area contributed by atoms with Crippen molar-refractivity contribution in [2.45, 2.75) is 38.5 Å². The largest absolute Gasteiger partial charge is 0.464 e. The van der Waals surface area contributed by atoms with Gasteiger partial charge in [0.05, 0.1) is 12.7 Å². The second kappa shape index (κ2) is 7.39. The van der Waals surface area contributed by atoms with Crippen LogP contribution in [0.5, 0.6) is 0 Å². The monoisotopic (exact) mass is 388 g/mol. The van der Waals surface area contributed by atoms with E-state index < -0.39 is 0 Å². The van der Waals surface area contributed by atoms with Gasteiger partial charge in [-0.1, -0.05) is 0 Å². The molecule has 5 heteroatoms. The van der Waals surface area contributed by atoms with Gasteiger partial charge in [-0.15, -0.1) is 0 Å². The van der Waals surface area contributed by atoms with Gasteiger partial charge in [0.2, 0.25) is 5.91 Å². The first kappa shape index (κ1) is 18.0. The molecule has 1 fully saturated rings. The summed E-state index contributed by atoms with van der Waals surface area (Å²) in [6.45, 7) is 1.67. The first-order valence-electron chi connectivity index (χ1n) is 10.4. The number of amides is 2. The molecule has 148 valence electrons. The van der Waals surface area contributed by atoms with Crippen molar-refractivity contribution in [3.63, 3.8) is 0 Å². The van der Waals surface area contributed by atoms with Gasteiger partial charge in [0.15, 0.2) is 0 Å². The average molecular weight is 388 g/mol. The summed E-state index contributed by atoms with van der Waals surface area (Å²) in [5.41, 5.74) is 5.87. The average Bonchev–Trinajstić information content (AvgIpc) is 3.48. The van der Waals surface area contributed by atoms with Crippen molar-refractivity contribution in [1.82, 2.24) is 4.90 Å². The Balaban J connectivity index is 1.26. The number of anilines is 1. The van der Waals surface area contributed by atoms with Gasteiger partial charge < -0.3 is 14.6 Å². The summed E-state index contributed by atoms with van der Waals surface area (Å²) in [6, 6.07) is 11.5. The Hall–Kier alpha value is -3.08. The quantitative estimate of drug-likeness (QED) is 0.723. The Morgan fingerprint density at radius 3 is 2.45 bits per heavy atom. The molecule has 0 saturated carbocycles. The van der Waals surface area contributed by atoms with Gasteiger partial charge in [-0.05, 0) is 79.6 Å². The van der Waals surface area contributed by atoms with Gasteiger partial charge in [-0.3, -0.25) is 9.59 Å². The van der Waals surface area contributed by atoms with Crippen molar-refractivity contribution in [2.75, 3.05) is 18.4 Å². The molecule has 5 nitrogen and oxygen atoms in total.